The predicted octanol–water partition coefficient (Wildman–Crippen LogP) is 1.18. The third-order valence-corrected chi connectivity index (χ3v) is 2.98. The summed E-state index contributed by atoms with van der Waals surface area (Å²) in [5, 5.41) is 2.74. The van der Waals surface area contributed by atoms with Crippen molar-refractivity contribution in [1.82, 2.24) is 4.90 Å². The highest BCUT2D eigenvalue weighted by Crippen LogP contribution is 2.10. The van der Waals surface area contributed by atoms with Crippen LogP contribution >= 0.6 is 0 Å². The summed E-state index contributed by atoms with van der Waals surface area (Å²) in [6.45, 7) is 4.18. The number of hydrogen-bond acceptors (Lipinski definition) is 3. The number of carbonyl (C=O) groups is 2. The first-order chi connectivity index (χ1) is 9.15. The van der Waals surface area contributed by atoms with Crippen molar-refractivity contribution in [2.45, 2.75) is 13.3 Å². The first kappa shape index (κ1) is 13.5. The van der Waals surface area contributed by atoms with Crippen molar-refractivity contribution < 1.29 is 14.3 Å². The molecule has 1 heterocycles. The molecule has 0 aliphatic carbocycles. The van der Waals surface area contributed by atoms with E-state index in [0.717, 1.165) is 11.3 Å². The van der Waals surface area contributed by atoms with Crippen molar-refractivity contribution in [2.24, 2.45) is 0 Å². The first-order valence-electron chi connectivity index (χ1n) is 6.37. The summed E-state index contributed by atoms with van der Waals surface area (Å²) in [5.41, 5.74) is 1.79. The summed E-state index contributed by atoms with van der Waals surface area (Å²) in [5.74, 6) is -0.421. The number of rotatable bonds is 3. The number of ether oxygens (including phenoxy) is 1. The highest BCUT2D eigenvalue weighted by Gasteiger charge is 2.19. The van der Waals surface area contributed by atoms with Crippen molar-refractivity contribution in [3.63, 3.8) is 0 Å². The van der Waals surface area contributed by atoms with Crippen LogP contribution in [0.15, 0.2) is 24.3 Å². The predicted molar refractivity (Wildman–Crippen MR) is 71.8 cm³/mol. The van der Waals surface area contributed by atoms with Gasteiger partial charge in [-0.25, -0.2) is 0 Å². The minimum absolute atomic E-state index is 0.117. The van der Waals surface area contributed by atoms with E-state index in [1.165, 1.54) is 0 Å². The quantitative estimate of drug-likeness (QED) is 0.832. The summed E-state index contributed by atoms with van der Waals surface area (Å²) in [6.07, 6.45) is -0.117. The second-order valence-corrected chi connectivity index (χ2v) is 4.59. The maximum Gasteiger partial charge on any atom is 0.233 e. The van der Waals surface area contributed by atoms with Gasteiger partial charge in [0.2, 0.25) is 11.8 Å². The van der Waals surface area contributed by atoms with Crippen molar-refractivity contribution in [2.75, 3.05) is 31.6 Å². The Bertz CT molecular complexity index is 468. The zero-order valence-corrected chi connectivity index (χ0v) is 11.0. The zero-order chi connectivity index (χ0) is 13.7. The largest absolute Gasteiger partial charge is 0.378 e. The van der Waals surface area contributed by atoms with E-state index in [1.54, 1.807) is 4.90 Å². The van der Waals surface area contributed by atoms with Gasteiger partial charge in [-0.15, -0.1) is 0 Å². The Morgan fingerprint density at radius 2 is 2.05 bits per heavy atom. The highest BCUT2D eigenvalue weighted by molar-refractivity contribution is 6.03. The topological polar surface area (TPSA) is 58.6 Å². The van der Waals surface area contributed by atoms with Gasteiger partial charge in [0.25, 0.3) is 0 Å². The Morgan fingerprint density at radius 1 is 1.32 bits per heavy atom. The second kappa shape index (κ2) is 6.33. The molecule has 0 saturated carbocycles. The van der Waals surface area contributed by atoms with Crippen LogP contribution in [-0.2, 0) is 14.3 Å². The monoisotopic (exact) mass is 262 g/mol. The van der Waals surface area contributed by atoms with Gasteiger partial charge in [0, 0.05) is 18.8 Å². The van der Waals surface area contributed by atoms with E-state index in [4.69, 9.17) is 4.74 Å². The maximum absolute atomic E-state index is 11.9. The molecule has 1 saturated heterocycles. The molecule has 0 radical (unpaired) electrons. The molecule has 0 atom stereocenters. The zero-order valence-electron chi connectivity index (χ0n) is 11.0. The molecule has 2 amide bonds. The number of aryl methyl sites for hydroxylation is 1. The number of benzene rings is 1. The van der Waals surface area contributed by atoms with Gasteiger partial charge < -0.3 is 15.0 Å². The van der Waals surface area contributed by atoms with E-state index in [2.05, 4.69) is 5.32 Å². The van der Waals surface area contributed by atoms with Gasteiger partial charge in [-0.05, 0) is 24.6 Å². The molecule has 1 N–H and O–H groups in total. The van der Waals surface area contributed by atoms with Crippen LogP contribution in [0.25, 0.3) is 0 Å². The first-order valence-corrected chi connectivity index (χ1v) is 6.37. The summed E-state index contributed by atoms with van der Waals surface area (Å²) in [7, 11) is 0. The third kappa shape index (κ3) is 4.06. The van der Waals surface area contributed by atoms with Crippen LogP contribution in [0.5, 0.6) is 0 Å². The average Bonchev–Trinajstić information content (AvgIpc) is 2.39. The van der Waals surface area contributed by atoms with E-state index >= 15 is 0 Å². The van der Waals surface area contributed by atoms with E-state index in [9.17, 15) is 9.59 Å². The fraction of sp³-hybridized carbons (Fsp3) is 0.429. The lowest BCUT2D eigenvalue weighted by molar-refractivity contribution is -0.138. The van der Waals surface area contributed by atoms with Crippen molar-refractivity contribution in [3.05, 3.63) is 29.8 Å². The number of nitrogens with zero attached hydrogens (tertiary/aromatic N) is 1. The van der Waals surface area contributed by atoms with Crippen LogP contribution in [0.2, 0.25) is 0 Å². The fourth-order valence-electron chi connectivity index (χ4n) is 1.99. The molecule has 1 aliphatic rings. The highest BCUT2D eigenvalue weighted by atomic mass is 16.5. The van der Waals surface area contributed by atoms with Crippen LogP contribution in [0, 0.1) is 6.92 Å². The minimum atomic E-state index is -0.276. The molecule has 102 valence electrons. The van der Waals surface area contributed by atoms with Crippen molar-refractivity contribution in [3.8, 4) is 0 Å². The minimum Gasteiger partial charge on any atom is -0.378 e. The lowest BCUT2D eigenvalue weighted by Crippen LogP contribution is -2.41. The Kier molecular flexibility index (Phi) is 4.52. The Morgan fingerprint density at radius 3 is 2.74 bits per heavy atom. The van der Waals surface area contributed by atoms with Crippen LogP contribution in [0.3, 0.4) is 0 Å². The number of anilines is 1. The normalized spacial score (nSPS) is 15.1. The van der Waals surface area contributed by atoms with Gasteiger partial charge in [-0.2, -0.15) is 0 Å². The van der Waals surface area contributed by atoms with Crippen LogP contribution < -0.4 is 5.32 Å². The number of morpholine rings is 1. The molecule has 19 heavy (non-hydrogen) atoms. The van der Waals surface area contributed by atoms with Crippen molar-refractivity contribution in [1.29, 1.82) is 0 Å². The third-order valence-electron chi connectivity index (χ3n) is 2.98. The lowest BCUT2D eigenvalue weighted by Gasteiger charge is -2.26. The van der Waals surface area contributed by atoms with Gasteiger partial charge in [0.05, 0.1) is 13.2 Å². The van der Waals surface area contributed by atoms with E-state index in [0.29, 0.717) is 26.3 Å². The number of carbonyl (C=O) groups excluding carboxylic acids is 2. The molecule has 1 aliphatic heterocycles. The van der Waals surface area contributed by atoms with Gasteiger partial charge in [0.1, 0.15) is 6.42 Å². The summed E-state index contributed by atoms with van der Waals surface area (Å²) in [4.78, 5) is 25.3. The van der Waals surface area contributed by atoms with Gasteiger partial charge in [-0.3, -0.25) is 9.59 Å². The van der Waals surface area contributed by atoms with E-state index in [1.807, 2.05) is 31.2 Å². The molecule has 0 spiro atoms. The molecule has 5 heteroatoms. The second-order valence-electron chi connectivity index (χ2n) is 4.59. The standard InChI is InChI=1S/C14H18N2O3/c1-11-3-2-4-12(9-11)15-13(17)10-14(18)16-5-7-19-8-6-16/h2-4,9H,5-8,10H2,1H3,(H,15,17). The molecule has 0 bridgehead atoms. The summed E-state index contributed by atoms with van der Waals surface area (Å²) < 4.78 is 5.17. The average molecular weight is 262 g/mol. The summed E-state index contributed by atoms with van der Waals surface area (Å²) >= 11 is 0. The Labute approximate surface area is 112 Å². The molecule has 1 aromatic carbocycles. The number of nitrogens with one attached hydrogen (secondary N) is 1. The molecular weight excluding hydrogens is 244 g/mol. The smallest absolute Gasteiger partial charge is 0.233 e. The summed E-state index contributed by atoms with van der Waals surface area (Å²) in [6, 6.07) is 7.50. The Hall–Kier alpha value is -1.88. The fourth-order valence-corrected chi connectivity index (χ4v) is 1.99. The number of hydrogen-bond donors (Lipinski definition) is 1. The molecule has 5 nitrogen and oxygen atoms in total. The molecule has 1 aromatic rings. The van der Waals surface area contributed by atoms with Gasteiger partial charge in [-0.1, -0.05) is 12.1 Å². The van der Waals surface area contributed by atoms with Gasteiger partial charge in [0.15, 0.2) is 0 Å². The Balaban J connectivity index is 1.85. The van der Waals surface area contributed by atoms with E-state index in [-0.39, 0.29) is 18.2 Å². The van der Waals surface area contributed by atoms with Crippen molar-refractivity contribution >= 4 is 17.5 Å². The van der Waals surface area contributed by atoms with Crippen LogP contribution in [0.4, 0.5) is 5.69 Å². The molecule has 0 unspecified atom stereocenters. The maximum atomic E-state index is 11.9. The van der Waals surface area contributed by atoms with Gasteiger partial charge >= 0.3 is 0 Å². The SMILES string of the molecule is Cc1cccc(NC(=O)CC(=O)N2CCOCC2)c1. The molecule has 1 fully saturated rings. The van der Waals surface area contributed by atoms with E-state index < -0.39 is 0 Å². The molecule has 0 aromatic heterocycles. The van der Waals surface area contributed by atoms with Crippen LogP contribution in [-0.4, -0.2) is 43.0 Å². The molecule has 2 rings (SSSR count). The molecular formula is C14H18N2O3. The van der Waals surface area contributed by atoms with Crippen LogP contribution in [0.1, 0.15) is 12.0 Å². The number of amides is 2. The lowest BCUT2D eigenvalue weighted by atomic mass is 10.2.